The SMILES string of the molecule is Cc1ccccc1CCNC(=O)c1ccnc(N)c1F. The molecule has 0 saturated heterocycles. The summed E-state index contributed by atoms with van der Waals surface area (Å²) in [6.45, 7) is 2.45. The Morgan fingerprint density at radius 3 is 2.85 bits per heavy atom. The fourth-order valence-electron chi connectivity index (χ4n) is 1.93. The number of anilines is 1. The first-order valence-electron chi connectivity index (χ1n) is 6.32. The van der Waals surface area contributed by atoms with Gasteiger partial charge in [-0.05, 0) is 30.5 Å². The number of nitrogens with one attached hydrogen (secondary N) is 1. The van der Waals surface area contributed by atoms with Crippen LogP contribution in [0.3, 0.4) is 0 Å². The fraction of sp³-hybridized carbons (Fsp3) is 0.200. The number of carbonyl (C=O) groups is 1. The molecule has 0 saturated carbocycles. The number of nitrogens with two attached hydrogens (primary N) is 1. The highest BCUT2D eigenvalue weighted by Crippen LogP contribution is 2.11. The van der Waals surface area contributed by atoms with Crippen molar-refractivity contribution in [2.75, 3.05) is 12.3 Å². The number of rotatable bonds is 4. The van der Waals surface area contributed by atoms with Gasteiger partial charge in [0.1, 0.15) is 0 Å². The normalized spacial score (nSPS) is 10.3. The van der Waals surface area contributed by atoms with Gasteiger partial charge >= 0.3 is 0 Å². The van der Waals surface area contributed by atoms with Gasteiger partial charge in [-0.1, -0.05) is 24.3 Å². The lowest BCUT2D eigenvalue weighted by molar-refractivity contribution is 0.0950. The smallest absolute Gasteiger partial charge is 0.254 e. The summed E-state index contributed by atoms with van der Waals surface area (Å²) in [6, 6.07) is 9.25. The first-order valence-corrected chi connectivity index (χ1v) is 6.32. The van der Waals surface area contributed by atoms with Gasteiger partial charge < -0.3 is 11.1 Å². The molecule has 4 nitrogen and oxygen atoms in total. The van der Waals surface area contributed by atoms with Crippen molar-refractivity contribution in [1.29, 1.82) is 0 Å². The number of nitrogens with zero attached hydrogens (tertiary/aromatic N) is 1. The maximum atomic E-state index is 13.6. The van der Waals surface area contributed by atoms with Gasteiger partial charge in [0, 0.05) is 12.7 Å². The molecule has 1 aromatic carbocycles. The molecule has 3 N–H and O–H groups in total. The predicted octanol–water partition coefficient (Wildman–Crippen LogP) is 2.08. The third-order valence-corrected chi connectivity index (χ3v) is 3.10. The molecule has 20 heavy (non-hydrogen) atoms. The second-order valence-corrected chi connectivity index (χ2v) is 4.49. The molecule has 2 aromatic rings. The number of hydrogen-bond donors (Lipinski definition) is 2. The summed E-state index contributed by atoms with van der Waals surface area (Å²) < 4.78 is 13.6. The molecule has 1 heterocycles. The number of carbonyl (C=O) groups excluding carboxylic acids is 1. The van der Waals surface area contributed by atoms with Gasteiger partial charge in [0.05, 0.1) is 5.56 Å². The number of benzene rings is 1. The van der Waals surface area contributed by atoms with E-state index in [2.05, 4.69) is 10.3 Å². The molecule has 0 unspecified atom stereocenters. The lowest BCUT2D eigenvalue weighted by atomic mass is 10.1. The minimum atomic E-state index is -0.777. The van der Waals surface area contributed by atoms with Crippen molar-refractivity contribution in [3.63, 3.8) is 0 Å². The molecule has 0 aliphatic carbocycles. The van der Waals surface area contributed by atoms with Gasteiger partial charge in [-0.3, -0.25) is 4.79 Å². The Labute approximate surface area is 116 Å². The van der Waals surface area contributed by atoms with E-state index in [9.17, 15) is 9.18 Å². The molecule has 0 atom stereocenters. The number of amides is 1. The van der Waals surface area contributed by atoms with Gasteiger partial charge in [0.2, 0.25) is 0 Å². The maximum Gasteiger partial charge on any atom is 0.254 e. The van der Waals surface area contributed by atoms with Gasteiger partial charge in [-0.25, -0.2) is 9.37 Å². The Morgan fingerprint density at radius 1 is 1.35 bits per heavy atom. The van der Waals surface area contributed by atoms with Gasteiger partial charge in [-0.2, -0.15) is 0 Å². The van der Waals surface area contributed by atoms with Crippen LogP contribution in [0.1, 0.15) is 21.5 Å². The van der Waals surface area contributed by atoms with Crippen LogP contribution in [0.25, 0.3) is 0 Å². The van der Waals surface area contributed by atoms with Crippen molar-refractivity contribution >= 4 is 11.7 Å². The number of aryl methyl sites for hydroxylation is 1. The van der Waals surface area contributed by atoms with Gasteiger partial charge in [-0.15, -0.1) is 0 Å². The highest BCUT2D eigenvalue weighted by atomic mass is 19.1. The Kier molecular flexibility index (Phi) is 4.30. The summed E-state index contributed by atoms with van der Waals surface area (Å²) >= 11 is 0. The number of halogens is 1. The van der Waals surface area contributed by atoms with Crippen LogP contribution >= 0.6 is 0 Å². The van der Waals surface area contributed by atoms with Crippen molar-refractivity contribution in [2.45, 2.75) is 13.3 Å². The molecule has 2 rings (SSSR count). The lowest BCUT2D eigenvalue weighted by Gasteiger charge is -2.08. The monoisotopic (exact) mass is 273 g/mol. The zero-order valence-electron chi connectivity index (χ0n) is 11.2. The zero-order valence-corrected chi connectivity index (χ0v) is 11.2. The van der Waals surface area contributed by atoms with E-state index in [4.69, 9.17) is 5.73 Å². The molecule has 0 spiro atoms. The summed E-state index contributed by atoms with van der Waals surface area (Å²) in [4.78, 5) is 15.4. The average molecular weight is 273 g/mol. The number of pyridine rings is 1. The van der Waals surface area contributed by atoms with Crippen LogP contribution in [0, 0.1) is 12.7 Å². The second-order valence-electron chi connectivity index (χ2n) is 4.49. The van der Waals surface area contributed by atoms with E-state index in [0.29, 0.717) is 13.0 Å². The van der Waals surface area contributed by atoms with Crippen molar-refractivity contribution in [3.8, 4) is 0 Å². The Bertz CT molecular complexity index is 628. The topological polar surface area (TPSA) is 68.0 Å². The van der Waals surface area contributed by atoms with Crippen LogP contribution in [0.5, 0.6) is 0 Å². The molecule has 104 valence electrons. The van der Waals surface area contributed by atoms with E-state index in [-0.39, 0.29) is 11.4 Å². The van der Waals surface area contributed by atoms with Crippen LogP contribution in [0.15, 0.2) is 36.5 Å². The highest BCUT2D eigenvalue weighted by Gasteiger charge is 2.13. The molecular formula is C15H16FN3O. The summed E-state index contributed by atoms with van der Waals surface area (Å²) in [6.07, 6.45) is 2.01. The predicted molar refractivity (Wildman–Crippen MR) is 75.8 cm³/mol. The van der Waals surface area contributed by atoms with Crippen LogP contribution in [-0.4, -0.2) is 17.4 Å². The third kappa shape index (κ3) is 3.12. The van der Waals surface area contributed by atoms with Gasteiger partial charge in [0.25, 0.3) is 5.91 Å². The first-order chi connectivity index (χ1) is 9.59. The summed E-state index contributed by atoms with van der Waals surface area (Å²) in [5, 5.41) is 2.68. The van der Waals surface area contributed by atoms with Gasteiger partial charge in [0.15, 0.2) is 11.6 Å². The Hall–Kier alpha value is -2.43. The summed E-state index contributed by atoms with van der Waals surface area (Å²) in [5.74, 6) is -1.53. The number of hydrogen-bond acceptors (Lipinski definition) is 3. The van der Waals surface area contributed by atoms with Crippen molar-refractivity contribution < 1.29 is 9.18 Å². The highest BCUT2D eigenvalue weighted by molar-refractivity contribution is 5.95. The van der Waals surface area contributed by atoms with Crippen LogP contribution < -0.4 is 11.1 Å². The second kappa shape index (κ2) is 6.14. The van der Waals surface area contributed by atoms with E-state index in [1.165, 1.54) is 17.8 Å². The first kappa shape index (κ1) is 14.0. The molecule has 0 bridgehead atoms. The number of nitrogen functional groups attached to an aromatic ring is 1. The molecule has 1 aromatic heterocycles. The van der Waals surface area contributed by atoms with E-state index in [1.54, 1.807) is 0 Å². The standard InChI is InChI=1S/C15H16FN3O/c1-10-4-2-3-5-11(10)6-8-19-15(20)12-7-9-18-14(17)13(12)16/h2-5,7,9H,6,8H2,1H3,(H2,17,18)(H,19,20). The number of aromatic nitrogens is 1. The third-order valence-electron chi connectivity index (χ3n) is 3.10. The van der Waals surface area contributed by atoms with E-state index < -0.39 is 11.7 Å². The minimum Gasteiger partial charge on any atom is -0.381 e. The molecule has 1 amide bonds. The minimum absolute atomic E-state index is 0.0812. The van der Waals surface area contributed by atoms with Crippen LogP contribution in [-0.2, 0) is 6.42 Å². The van der Waals surface area contributed by atoms with E-state index in [0.717, 1.165) is 5.56 Å². The average Bonchev–Trinajstić information content (AvgIpc) is 2.44. The maximum absolute atomic E-state index is 13.6. The van der Waals surface area contributed by atoms with E-state index >= 15 is 0 Å². The Balaban J connectivity index is 1.96. The molecule has 5 heteroatoms. The van der Waals surface area contributed by atoms with E-state index in [1.807, 2.05) is 31.2 Å². The largest absolute Gasteiger partial charge is 0.381 e. The van der Waals surface area contributed by atoms with Crippen LogP contribution in [0.2, 0.25) is 0 Å². The van der Waals surface area contributed by atoms with Crippen LogP contribution in [0.4, 0.5) is 10.2 Å². The molecular weight excluding hydrogens is 257 g/mol. The van der Waals surface area contributed by atoms with Crippen molar-refractivity contribution in [2.24, 2.45) is 0 Å². The summed E-state index contributed by atoms with van der Waals surface area (Å²) in [7, 11) is 0. The molecule has 0 aliphatic heterocycles. The Morgan fingerprint density at radius 2 is 2.10 bits per heavy atom. The van der Waals surface area contributed by atoms with Crippen molar-refractivity contribution in [3.05, 3.63) is 59.0 Å². The fourth-order valence-corrected chi connectivity index (χ4v) is 1.93. The molecule has 0 radical (unpaired) electrons. The summed E-state index contributed by atoms with van der Waals surface area (Å²) in [5.41, 5.74) is 7.57. The van der Waals surface area contributed by atoms with Crippen molar-refractivity contribution in [1.82, 2.24) is 10.3 Å². The zero-order chi connectivity index (χ0) is 14.5. The molecule has 0 fully saturated rings. The lowest BCUT2D eigenvalue weighted by Crippen LogP contribution is -2.27. The quantitative estimate of drug-likeness (QED) is 0.896. The molecule has 0 aliphatic rings.